The number of aliphatic hydroxyl groups excluding tert-OH is 1. The minimum Gasteiger partial charge on any atom is -0.390 e. The Morgan fingerprint density at radius 2 is 1.94 bits per heavy atom. The van der Waals surface area contributed by atoms with E-state index in [4.69, 9.17) is 0 Å². The first-order valence-corrected chi connectivity index (χ1v) is 12.5. The molecule has 3 aliphatic rings. The molecule has 2 unspecified atom stereocenters. The minimum atomic E-state index is -0.858. The molecule has 3 fully saturated rings. The largest absolute Gasteiger partial charge is 0.390 e. The standard InChI is InChI=1S/C28H46O3/c1-19(9-7-15-26(3,4)30)23-13-14-24-21(10-8-16-28(23,24)6)11-12-22-17-27(5,31)18-25(29)20(22)2/h11-12,19,23-25,29-31H,2,7-10,13-18H2,1,3-6H3/b21-11+,22-12-/t19-,23?,24?,25-,27-,28+/m0/s1. The van der Waals surface area contributed by atoms with Gasteiger partial charge >= 0.3 is 0 Å². The smallest absolute Gasteiger partial charge is 0.0814 e. The van der Waals surface area contributed by atoms with E-state index < -0.39 is 17.3 Å². The van der Waals surface area contributed by atoms with Crippen LogP contribution in [-0.2, 0) is 0 Å². The molecule has 0 bridgehead atoms. The molecule has 3 saturated carbocycles. The van der Waals surface area contributed by atoms with Crippen LogP contribution >= 0.6 is 0 Å². The quantitative estimate of drug-likeness (QED) is 0.477. The molecule has 3 nitrogen and oxygen atoms in total. The maximum atomic E-state index is 10.5. The van der Waals surface area contributed by atoms with Crippen LogP contribution in [-0.4, -0.2) is 32.6 Å². The predicted octanol–water partition coefficient (Wildman–Crippen LogP) is 6.09. The lowest BCUT2D eigenvalue weighted by Crippen LogP contribution is -2.37. The van der Waals surface area contributed by atoms with Crippen molar-refractivity contribution in [3.8, 4) is 0 Å². The summed E-state index contributed by atoms with van der Waals surface area (Å²) in [5.41, 5.74) is 2.27. The van der Waals surface area contributed by atoms with E-state index in [1.165, 1.54) is 32.1 Å². The molecule has 3 N–H and O–H groups in total. The molecular weight excluding hydrogens is 384 g/mol. The first-order chi connectivity index (χ1) is 14.3. The number of fused-ring (bicyclic) bond motifs is 1. The fourth-order valence-corrected chi connectivity index (χ4v) is 7.00. The van der Waals surface area contributed by atoms with E-state index in [0.717, 1.165) is 36.3 Å². The van der Waals surface area contributed by atoms with Crippen LogP contribution in [0.5, 0.6) is 0 Å². The fourth-order valence-electron chi connectivity index (χ4n) is 7.00. The maximum Gasteiger partial charge on any atom is 0.0814 e. The first-order valence-electron chi connectivity index (χ1n) is 12.5. The van der Waals surface area contributed by atoms with Crippen LogP contribution in [0.1, 0.15) is 98.8 Å². The molecule has 0 saturated heterocycles. The van der Waals surface area contributed by atoms with Crippen molar-refractivity contribution in [2.24, 2.45) is 23.2 Å². The summed E-state index contributed by atoms with van der Waals surface area (Å²) in [5.74, 6) is 2.09. The van der Waals surface area contributed by atoms with Crippen molar-refractivity contribution < 1.29 is 15.3 Å². The average molecular weight is 431 g/mol. The minimum absolute atomic E-state index is 0.366. The lowest BCUT2D eigenvalue weighted by Gasteiger charge is -2.44. The summed E-state index contributed by atoms with van der Waals surface area (Å²) in [6.07, 6.45) is 14.2. The zero-order chi connectivity index (χ0) is 23.0. The maximum absolute atomic E-state index is 10.5. The van der Waals surface area contributed by atoms with Crippen molar-refractivity contribution >= 4 is 0 Å². The van der Waals surface area contributed by atoms with E-state index in [0.29, 0.717) is 30.1 Å². The molecule has 0 radical (unpaired) electrons. The molecule has 0 aromatic carbocycles. The number of aliphatic hydroxyl groups is 3. The molecule has 176 valence electrons. The summed E-state index contributed by atoms with van der Waals surface area (Å²) < 4.78 is 0. The van der Waals surface area contributed by atoms with Gasteiger partial charge in [0.1, 0.15) is 0 Å². The highest BCUT2D eigenvalue weighted by molar-refractivity contribution is 5.39. The van der Waals surface area contributed by atoms with Gasteiger partial charge in [-0.15, -0.1) is 0 Å². The van der Waals surface area contributed by atoms with E-state index in [9.17, 15) is 15.3 Å². The zero-order valence-corrected chi connectivity index (χ0v) is 20.6. The fraction of sp³-hybridized carbons (Fsp3) is 0.786. The molecule has 3 rings (SSSR count). The molecule has 0 aromatic rings. The number of hydrogen-bond donors (Lipinski definition) is 3. The summed E-state index contributed by atoms with van der Waals surface area (Å²) in [6, 6.07) is 0. The van der Waals surface area contributed by atoms with Crippen LogP contribution in [0.4, 0.5) is 0 Å². The Labute approximate surface area is 190 Å². The molecule has 6 atom stereocenters. The highest BCUT2D eigenvalue weighted by Gasteiger charge is 2.50. The van der Waals surface area contributed by atoms with Crippen molar-refractivity contribution in [3.63, 3.8) is 0 Å². The van der Waals surface area contributed by atoms with E-state index in [1.807, 2.05) is 20.8 Å². The van der Waals surface area contributed by atoms with E-state index >= 15 is 0 Å². The van der Waals surface area contributed by atoms with Gasteiger partial charge in [0.15, 0.2) is 0 Å². The van der Waals surface area contributed by atoms with Crippen LogP contribution < -0.4 is 0 Å². The second kappa shape index (κ2) is 9.15. The van der Waals surface area contributed by atoms with Crippen molar-refractivity contribution in [1.29, 1.82) is 0 Å². The molecule has 3 heteroatoms. The highest BCUT2D eigenvalue weighted by atomic mass is 16.3. The van der Waals surface area contributed by atoms with Gasteiger partial charge in [-0.1, -0.05) is 51.0 Å². The summed E-state index contributed by atoms with van der Waals surface area (Å²) in [6.45, 7) is 14.7. The Balaban J connectivity index is 1.72. The Morgan fingerprint density at radius 3 is 2.61 bits per heavy atom. The lowest BCUT2D eigenvalue weighted by molar-refractivity contribution is 0.00361. The van der Waals surface area contributed by atoms with Gasteiger partial charge in [-0.3, -0.25) is 0 Å². The Kier molecular flexibility index (Phi) is 7.30. The van der Waals surface area contributed by atoms with Gasteiger partial charge in [0.05, 0.1) is 17.3 Å². The monoisotopic (exact) mass is 430 g/mol. The van der Waals surface area contributed by atoms with Crippen LogP contribution in [0.15, 0.2) is 35.5 Å². The van der Waals surface area contributed by atoms with Gasteiger partial charge < -0.3 is 15.3 Å². The molecule has 0 aliphatic heterocycles. The lowest BCUT2D eigenvalue weighted by atomic mass is 9.60. The number of hydrogen-bond acceptors (Lipinski definition) is 3. The molecular formula is C28H46O3. The summed E-state index contributed by atoms with van der Waals surface area (Å²) in [5, 5.41) is 30.8. The van der Waals surface area contributed by atoms with Gasteiger partial charge in [-0.25, -0.2) is 0 Å². The van der Waals surface area contributed by atoms with Crippen molar-refractivity contribution in [3.05, 3.63) is 35.5 Å². The Hall–Kier alpha value is -0.900. The second-order valence-corrected chi connectivity index (χ2v) is 12.1. The third kappa shape index (κ3) is 5.72. The Morgan fingerprint density at radius 1 is 1.23 bits per heavy atom. The number of rotatable bonds is 6. The predicted molar refractivity (Wildman–Crippen MR) is 129 cm³/mol. The molecule has 0 aromatic heterocycles. The second-order valence-electron chi connectivity index (χ2n) is 12.1. The van der Waals surface area contributed by atoms with Crippen molar-refractivity contribution in [1.82, 2.24) is 0 Å². The van der Waals surface area contributed by atoms with Crippen LogP contribution in [0.25, 0.3) is 0 Å². The highest BCUT2D eigenvalue weighted by Crippen LogP contribution is 2.60. The third-order valence-electron chi connectivity index (χ3n) is 8.69. The average Bonchev–Trinajstić information content (AvgIpc) is 2.99. The summed E-state index contributed by atoms with van der Waals surface area (Å²) >= 11 is 0. The van der Waals surface area contributed by atoms with Crippen molar-refractivity contribution in [2.45, 2.75) is 116 Å². The summed E-state index contributed by atoms with van der Waals surface area (Å²) in [7, 11) is 0. The normalized spacial score (nSPS) is 40.4. The van der Waals surface area contributed by atoms with Gasteiger partial charge in [0.25, 0.3) is 0 Å². The molecule has 31 heavy (non-hydrogen) atoms. The molecule has 0 heterocycles. The van der Waals surface area contributed by atoms with Crippen LogP contribution in [0.3, 0.4) is 0 Å². The van der Waals surface area contributed by atoms with Gasteiger partial charge in [0, 0.05) is 12.8 Å². The van der Waals surface area contributed by atoms with Gasteiger partial charge in [0.2, 0.25) is 0 Å². The van der Waals surface area contributed by atoms with Crippen molar-refractivity contribution in [2.75, 3.05) is 0 Å². The molecule has 0 spiro atoms. The van der Waals surface area contributed by atoms with Crippen LogP contribution in [0, 0.1) is 23.2 Å². The molecule has 3 aliphatic carbocycles. The van der Waals surface area contributed by atoms with Gasteiger partial charge in [-0.05, 0) is 93.6 Å². The molecule has 0 amide bonds. The summed E-state index contributed by atoms with van der Waals surface area (Å²) in [4.78, 5) is 0. The van der Waals surface area contributed by atoms with E-state index in [2.05, 4.69) is 32.6 Å². The zero-order valence-electron chi connectivity index (χ0n) is 20.6. The van der Waals surface area contributed by atoms with E-state index in [-0.39, 0.29) is 0 Å². The SMILES string of the molecule is C=C1/C(=C\C=C2/CCC[C@@]3(C)C2CCC3[C@@H](C)CCCC(C)(C)O)C[C@](C)(O)C[C@@H]1O. The van der Waals surface area contributed by atoms with E-state index in [1.54, 1.807) is 5.57 Å². The Bertz CT molecular complexity index is 723. The third-order valence-corrected chi connectivity index (χ3v) is 8.69. The topological polar surface area (TPSA) is 60.7 Å². The van der Waals surface area contributed by atoms with Crippen LogP contribution in [0.2, 0.25) is 0 Å². The number of allylic oxidation sites excluding steroid dienone is 3. The van der Waals surface area contributed by atoms with Gasteiger partial charge in [-0.2, -0.15) is 0 Å². The first kappa shape index (κ1) is 24.7.